The second kappa shape index (κ2) is 7.96. The quantitative estimate of drug-likeness (QED) is 0.505. The number of nitriles is 1. The summed E-state index contributed by atoms with van der Waals surface area (Å²) in [5, 5.41) is 10.3. The highest BCUT2D eigenvalue weighted by Crippen LogP contribution is 2.30. The summed E-state index contributed by atoms with van der Waals surface area (Å²) in [6.07, 6.45) is 1.52. The van der Waals surface area contributed by atoms with Crippen LogP contribution in [0.1, 0.15) is 16.1 Å². The molecule has 0 spiro atoms. The predicted molar refractivity (Wildman–Crippen MR) is 119 cm³/mol. The summed E-state index contributed by atoms with van der Waals surface area (Å²) in [5.74, 6) is 1.19. The number of para-hydroxylation sites is 1. The van der Waals surface area contributed by atoms with Crippen LogP contribution < -0.4 is 4.90 Å². The Kier molecular flexibility index (Phi) is 4.85. The van der Waals surface area contributed by atoms with Crippen LogP contribution in [0.3, 0.4) is 0 Å². The summed E-state index contributed by atoms with van der Waals surface area (Å²) >= 11 is 0. The molecular weight excluding hydrogens is 388 g/mol. The third kappa shape index (κ3) is 3.62. The fourth-order valence-electron chi connectivity index (χ4n) is 4.00. The molecule has 0 atom stereocenters. The van der Waals surface area contributed by atoms with Crippen molar-refractivity contribution in [1.29, 1.82) is 5.26 Å². The van der Waals surface area contributed by atoms with Crippen molar-refractivity contribution in [2.45, 2.75) is 0 Å². The number of benzene rings is 2. The van der Waals surface area contributed by atoms with Gasteiger partial charge < -0.3 is 14.2 Å². The zero-order valence-corrected chi connectivity index (χ0v) is 16.9. The van der Waals surface area contributed by atoms with E-state index < -0.39 is 0 Å². The van der Waals surface area contributed by atoms with E-state index in [1.165, 1.54) is 6.26 Å². The number of anilines is 1. The molecule has 152 valence electrons. The number of piperazine rings is 1. The van der Waals surface area contributed by atoms with E-state index in [9.17, 15) is 10.1 Å². The maximum Gasteiger partial charge on any atom is 0.289 e. The molecule has 1 aliphatic heterocycles. The molecular formula is C25H20N4O2. The maximum absolute atomic E-state index is 12.5. The first kappa shape index (κ1) is 18.9. The summed E-state index contributed by atoms with van der Waals surface area (Å²) < 4.78 is 5.24. The van der Waals surface area contributed by atoms with Gasteiger partial charge in [0.05, 0.1) is 23.4 Å². The van der Waals surface area contributed by atoms with Crippen LogP contribution in [0.5, 0.6) is 0 Å². The van der Waals surface area contributed by atoms with Gasteiger partial charge in [0.15, 0.2) is 5.76 Å². The summed E-state index contributed by atoms with van der Waals surface area (Å²) in [7, 11) is 0. The highest BCUT2D eigenvalue weighted by atomic mass is 16.3. The molecule has 6 nitrogen and oxygen atoms in total. The van der Waals surface area contributed by atoms with Crippen LogP contribution in [0.25, 0.3) is 22.0 Å². The molecule has 5 rings (SSSR count). The van der Waals surface area contributed by atoms with Crippen LogP contribution in [0, 0.1) is 11.3 Å². The topological polar surface area (TPSA) is 73.4 Å². The number of furan rings is 1. The number of fused-ring (bicyclic) bond motifs is 1. The number of carbonyl (C=O) groups excluding carboxylic acids is 1. The average molecular weight is 408 g/mol. The Balaban J connectivity index is 1.41. The van der Waals surface area contributed by atoms with Gasteiger partial charge in [-0.05, 0) is 42.0 Å². The van der Waals surface area contributed by atoms with Crippen LogP contribution >= 0.6 is 0 Å². The number of rotatable bonds is 3. The van der Waals surface area contributed by atoms with Gasteiger partial charge in [0.2, 0.25) is 0 Å². The zero-order valence-electron chi connectivity index (χ0n) is 16.9. The van der Waals surface area contributed by atoms with Crippen molar-refractivity contribution in [3.8, 4) is 17.2 Å². The molecule has 1 amide bonds. The first-order chi connectivity index (χ1) is 15.2. The highest BCUT2D eigenvalue weighted by Gasteiger charge is 2.24. The standard InChI is InChI=1S/C25H20N4O2/c26-17-18-4-1-6-20(16-18)21-7-2-5-19-9-10-23(27-24(19)21)28-11-13-29(14-12-28)25(30)22-8-3-15-31-22/h1-10,15-16H,11-14H2. The Bertz CT molecular complexity index is 1280. The SMILES string of the molecule is N#Cc1cccc(-c2cccc3ccc(N4CCN(C(=O)c5ccco5)CC4)nc23)c1. The number of pyridine rings is 1. The Labute approximate surface area is 179 Å². The number of nitrogens with zero attached hydrogens (tertiary/aromatic N) is 4. The minimum absolute atomic E-state index is 0.0734. The zero-order chi connectivity index (χ0) is 21.2. The van der Waals surface area contributed by atoms with Crippen LogP contribution in [-0.4, -0.2) is 42.0 Å². The normalized spacial score (nSPS) is 13.9. The highest BCUT2D eigenvalue weighted by molar-refractivity contribution is 5.95. The average Bonchev–Trinajstić information content (AvgIpc) is 3.38. The molecule has 3 heterocycles. The largest absolute Gasteiger partial charge is 0.459 e. The summed E-state index contributed by atoms with van der Waals surface area (Å²) in [6.45, 7) is 2.64. The van der Waals surface area contributed by atoms with Gasteiger partial charge in [-0.3, -0.25) is 4.79 Å². The molecule has 0 bridgehead atoms. The van der Waals surface area contributed by atoms with Gasteiger partial charge in [0.25, 0.3) is 5.91 Å². The second-order valence-corrected chi connectivity index (χ2v) is 7.50. The van der Waals surface area contributed by atoms with Gasteiger partial charge >= 0.3 is 0 Å². The van der Waals surface area contributed by atoms with Gasteiger partial charge in [-0.15, -0.1) is 0 Å². The van der Waals surface area contributed by atoms with Crippen LogP contribution in [0.2, 0.25) is 0 Å². The molecule has 4 aromatic rings. The lowest BCUT2D eigenvalue weighted by Gasteiger charge is -2.35. The Morgan fingerprint density at radius 3 is 2.58 bits per heavy atom. The molecule has 0 N–H and O–H groups in total. The smallest absolute Gasteiger partial charge is 0.289 e. The van der Waals surface area contributed by atoms with Crippen molar-refractivity contribution in [3.05, 3.63) is 84.3 Å². The van der Waals surface area contributed by atoms with Crippen LogP contribution in [0.15, 0.2) is 77.4 Å². The van der Waals surface area contributed by atoms with Crippen LogP contribution in [0.4, 0.5) is 5.82 Å². The van der Waals surface area contributed by atoms with Crippen molar-refractivity contribution in [3.63, 3.8) is 0 Å². The van der Waals surface area contributed by atoms with Crippen LogP contribution in [-0.2, 0) is 0 Å². The number of carbonyl (C=O) groups is 1. The van der Waals surface area contributed by atoms with Crippen molar-refractivity contribution in [1.82, 2.24) is 9.88 Å². The van der Waals surface area contributed by atoms with Gasteiger partial charge in [-0.1, -0.05) is 30.3 Å². The van der Waals surface area contributed by atoms with E-state index >= 15 is 0 Å². The maximum atomic E-state index is 12.5. The Morgan fingerprint density at radius 1 is 0.968 bits per heavy atom. The lowest BCUT2D eigenvalue weighted by Crippen LogP contribution is -2.49. The molecule has 0 aliphatic carbocycles. The lowest BCUT2D eigenvalue weighted by atomic mass is 10.0. The first-order valence-electron chi connectivity index (χ1n) is 10.2. The van der Waals surface area contributed by atoms with Crippen molar-refractivity contribution >= 4 is 22.6 Å². The molecule has 0 radical (unpaired) electrons. The minimum Gasteiger partial charge on any atom is -0.459 e. The van der Waals surface area contributed by atoms with Gasteiger partial charge in [-0.2, -0.15) is 5.26 Å². The Hall–Kier alpha value is -4.11. The third-order valence-electron chi connectivity index (χ3n) is 5.63. The first-order valence-corrected chi connectivity index (χ1v) is 10.2. The molecule has 1 saturated heterocycles. The van der Waals surface area contributed by atoms with E-state index in [2.05, 4.69) is 17.0 Å². The molecule has 1 aliphatic rings. The minimum atomic E-state index is -0.0734. The molecule has 2 aromatic heterocycles. The van der Waals surface area contributed by atoms with E-state index in [4.69, 9.17) is 9.40 Å². The van der Waals surface area contributed by atoms with Crippen molar-refractivity contribution in [2.75, 3.05) is 31.1 Å². The van der Waals surface area contributed by atoms with E-state index in [-0.39, 0.29) is 5.91 Å². The number of aromatic nitrogens is 1. The predicted octanol–water partition coefficient (Wildman–Crippen LogP) is 4.33. The number of amides is 1. The van der Waals surface area contributed by atoms with Gasteiger partial charge in [0.1, 0.15) is 5.82 Å². The van der Waals surface area contributed by atoms with Gasteiger partial charge in [0, 0.05) is 37.1 Å². The molecule has 2 aromatic carbocycles. The van der Waals surface area contributed by atoms with E-state index in [1.54, 1.807) is 18.2 Å². The molecule has 31 heavy (non-hydrogen) atoms. The third-order valence-corrected chi connectivity index (χ3v) is 5.63. The monoisotopic (exact) mass is 408 g/mol. The molecule has 1 fully saturated rings. The Morgan fingerprint density at radius 2 is 1.81 bits per heavy atom. The lowest BCUT2D eigenvalue weighted by molar-refractivity contribution is 0.0714. The van der Waals surface area contributed by atoms with E-state index in [1.807, 2.05) is 47.4 Å². The van der Waals surface area contributed by atoms with E-state index in [0.717, 1.165) is 27.8 Å². The second-order valence-electron chi connectivity index (χ2n) is 7.50. The number of hydrogen-bond acceptors (Lipinski definition) is 5. The summed E-state index contributed by atoms with van der Waals surface area (Å²) in [6, 6.07) is 23.4. The van der Waals surface area contributed by atoms with Gasteiger partial charge in [-0.25, -0.2) is 4.98 Å². The molecule has 6 heteroatoms. The molecule has 0 saturated carbocycles. The van der Waals surface area contributed by atoms with Crippen molar-refractivity contribution in [2.24, 2.45) is 0 Å². The fourth-order valence-corrected chi connectivity index (χ4v) is 4.00. The van der Waals surface area contributed by atoms with Crippen molar-refractivity contribution < 1.29 is 9.21 Å². The fraction of sp³-hybridized carbons (Fsp3) is 0.160. The summed E-state index contributed by atoms with van der Waals surface area (Å²) in [4.78, 5) is 21.5. The summed E-state index contributed by atoms with van der Waals surface area (Å²) in [5.41, 5.74) is 3.51. The van der Waals surface area contributed by atoms with E-state index in [0.29, 0.717) is 37.5 Å². The molecule has 0 unspecified atom stereocenters. The number of hydrogen-bond donors (Lipinski definition) is 0.